The molecule has 0 aliphatic carbocycles. The molecule has 1 aromatic rings. The average molecular weight is 335 g/mol. The second-order valence-corrected chi connectivity index (χ2v) is 6.33. The van der Waals surface area contributed by atoms with Gasteiger partial charge in [0.1, 0.15) is 0 Å². The van der Waals surface area contributed by atoms with Crippen LogP contribution in [0, 0.1) is 5.92 Å². The highest BCUT2D eigenvalue weighted by Crippen LogP contribution is 2.32. The lowest BCUT2D eigenvalue weighted by Crippen LogP contribution is -2.49. The summed E-state index contributed by atoms with van der Waals surface area (Å²) in [5.41, 5.74) is 6.35. The first-order chi connectivity index (χ1) is 11.3. The standard InChI is InChI=1S/C17H25N3O4/c1-10(2)15(18)17(22)19-8-20(4)11(3)16(21)12-5-6-13-14(7-12)24-9-23-13/h5-7,10-11,15H,8-9,18H2,1-4H3,(H,19,22). The van der Waals surface area contributed by atoms with E-state index in [1.807, 2.05) is 13.8 Å². The summed E-state index contributed by atoms with van der Waals surface area (Å²) < 4.78 is 10.5. The van der Waals surface area contributed by atoms with E-state index in [9.17, 15) is 9.59 Å². The zero-order valence-corrected chi connectivity index (χ0v) is 14.5. The third-order valence-corrected chi connectivity index (χ3v) is 4.22. The van der Waals surface area contributed by atoms with Crippen molar-refractivity contribution >= 4 is 11.7 Å². The molecule has 2 rings (SSSR count). The first-order valence-corrected chi connectivity index (χ1v) is 7.98. The molecule has 3 N–H and O–H groups in total. The van der Waals surface area contributed by atoms with Gasteiger partial charge in [-0.15, -0.1) is 0 Å². The molecule has 0 saturated heterocycles. The van der Waals surface area contributed by atoms with Gasteiger partial charge < -0.3 is 20.5 Å². The van der Waals surface area contributed by atoms with Gasteiger partial charge in [-0.25, -0.2) is 0 Å². The second-order valence-electron chi connectivity index (χ2n) is 6.33. The third kappa shape index (κ3) is 4.04. The lowest BCUT2D eigenvalue weighted by Gasteiger charge is -2.25. The summed E-state index contributed by atoms with van der Waals surface area (Å²) in [6.07, 6.45) is 0. The molecule has 2 atom stereocenters. The predicted octanol–water partition coefficient (Wildman–Crippen LogP) is 0.975. The number of fused-ring (bicyclic) bond motifs is 1. The number of ketones is 1. The van der Waals surface area contributed by atoms with Crippen LogP contribution in [0.4, 0.5) is 0 Å². The van der Waals surface area contributed by atoms with E-state index >= 15 is 0 Å². The zero-order valence-electron chi connectivity index (χ0n) is 14.5. The van der Waals surface area contributed by atoms with E-state index in [0.29, 0.717) is 17.1 Å². The fourth-order valence-electron chi connectivity index (χ4n) is 2.25. The number of nitrogens with zero attached hydrogens (tertiary/aromatic N) is 1. The Kier molecular flexibility index (Phi) is 5.80. The first kappa shape index (κ1) is 18.2. The lowest BCUT2D eigenvalue weighted by molar-refractivity contribution is -0.123. The Hall–Kier alpha value is -2.12. The molecule has 0 saturated carbocycles. The summed E-state index contributed by atoms with van der Waals surface area (Å²) in [6.45, 7) is 5.99. The van der Waals surface area contributed by atoms with Crippen LogP contribution in [0.5, 0.6) is 11.5 Å². The van der Waals surface area contributed by atoms with Gasteiger partial charge >= 0.3 is 0 Å². The van der Waals surface area contributed by atoms with Crippen molar-refractivity contribution in [3.63, 3.8) is 0 Å². The Morgan fingerprint density at radius 1 is 1.25 bits per heavy atom. The Balaban J connectivity index is 1.94. The van der Waals surface area contributed by atoms with Crippen LogP contribution in [-0.4, -0.2) is 49.2 Å². The SMILES string of the molecule is CC(C)C(N)C(=O)NCN(C)C(C)C(=O)c1ccc2c(c1)OCO2. The molecular formula is C17H25N3O4. The number of nitrogens with two attached hydrogens (primary N) is 1. The summed E-state index contributed by atoms with van der Waals surface area (Å²) in [6, 6.07) is 4.17. The van der Waals surface area contributed by atoms with Crippen LogP contribution in [0.3, 0.4) is 0 Å². The van der Waals surface area contributed by atoms with E-state index < -0.39 is 12.1 Å². The van der Waals surface area contributed by atoms with Crippen molar-refractivity contribution in [2.75, 3.05) is 20.5 Å². The van der Waals surface area contributed by atoms with Crippen molar-refractivity contribution < 1.29 is 19.1 Å². The Labute approximate surface area is 142 Å². The van der Waals surface area contributed by atoms with Gasteiger partial charge in [0.2, 0.25) is 12.7 Å². The van der Waals surface area contributed by atoms with Crippen LogP contribution in [0.1, 0.15) is 31.1 Å². The molecule has 2 unspecified atom stereocenters. The van der Waals surface area contributed by atoms with Crippen molar-refractivity contribution in [1.29, 1.82) is 0 Å². The van der Waals surface area contributed by atoms with Crippen LogP contribution < -0.4 is 20.5 Å². The van der Waals surface area contributed by atoms with Gasteiger partial charge in [0, 0.05) is 5.56 Å². The highest BCUT2D eigenvalue weighted by Gasteiger charge is 2.24. The Morgan fingerprint density at radius 3 is 2.58 bits per heavy atom. The molecule has 1 aliphatic rings. The van der Waals surface area contributed by atoms with E-state index in [0.717, 1.165) is 0 Å². The van der Waals surface area contributed by atoms with Crippen LogP contribution >= 0.6 is 0 Å². The number of nitrogens with one attached hydrogen (secondary N) is 1. The van der Waals surface area contributed by atoms with E-state index in [-0.39, 0.29) is 31.1 Å². The fourth-order valence-corrected chi connectivity index (χ4v) is 2.25. The number of benzene rings is 1. The number of likely N-dealkylation sites (N-methyl/N-ethyl adjacent to an activating group) is 1. The quantitative estimate of drug-likeness (QED) is 0.570. The number of carbonyl (C=O) groups excluding carboxylic acids is 2. The molecule has 1 aromatic carbocycles. The molecule has 1 heterocycles. The minimum absolute atomic E-state index is 0.0572. The third-order valence-electron chi connectivity index (χ3n) is 4.22. The van der Waals surface area contributed by atoms with Gasteiger partial charge in [-0.05, 0) is 38.1 Å². The molecule has 7 heteroatoms. The summed E-state index contributed by atoms with van der Waals surface area (Å²) in [4.78, 5) is 26.3. The summed E-state index contributed by atoms with van der Waals surface area (Å²) in [5, 5.41) is 2.76. The number of ether oxygens (including phenoxy) is 2. The van der Waals surface area contributed by atoms with E-state index in [2.05, 4.69) is 5.32 Å². The lowest BCUT2D eigenvalue weighted by atomic mass is 10.0. The number of carbonyl (C=O) groups is 2. The molecule has 7 nitrogen and oxygen atoms in total. The van der Waals surface area contributed by atoms with Crippen LogP contribution in [0.2, 0.25) is 0 Å². The maximum Gasteiger partial charge on any atom is 0.238 e. The van der Waals surface area contributed by atoms with Crippen LogP contribution in [0.25, 0.3) is 0 Å². The molecule has 24 heavy (non-hydrogen) atoms. The van der Waals surface area contributed by atoms with Crippen molar-refractivity contribution in [2.45, 2.75) is 32.9 Å². The van der Waals surface area contributed by atoms with E-state index in [1.54, 1.807) is 37.1 Å². The topological polar surface area (TPSA) is 93.9 Å². The number of hydrogen-bond acceptors (Lipinski definition) is 6. The van der Waals surface area contributed by atoms with Crippen molar-refractivity contribution in [1.82, 2.24) is 10.2 Å². The maximum atomic E-state index is 12.6. The number of amides is 1. The maximum absolute atomic E-state index is 12.6. The van der Waals surface area contributed by atoms with Gasteiger partial charge in [0.15, 0.2) is 17.3 Å². The highest BCUT2D eigenvalue weighted by molar-refractivity contribution is 6.00. The van der Waals surface area contributed by atoms with E-state index in [4.69, 9.17) is 15.2 Å². The zero-order chi connectivity index (χ0) is 17.9. The van der Waals surface area contributed by atoms with Gasteiger partial charge in [-0.1, -0.05) is 13.8 Å². The van der Waals surface area contributed by atoms with Crippen molar-refractivity contribution in [3.05, 3.63) is 23.8 Å². The number of rotatable bonds is 7. The van der Waals surface area contributed by atoms with Crippen LogP contribution in [0.15, 0.2) is 18.2 Å². The molecule has 132 valence electrons. The predicted molar refractivity (Wildman–Crippen MR) is 89.9 cm³/mol. The Morgan fingerprint density at radius 2 is 1.92 bits per heavy atom. The molecule has 1 amide bonds. The normalized spacial score (nSPS) is 15.5. The molecular weight excluding hydrogens is 310 g/mol. The molecule has 0 radical (unpaired) electrons. The fraction of sp³-hybridized carbons (Fsp3) is 0.529. The number of hydrogen-bond donors (Lipinski definition) is 2. The monoisotopic (exact) mass is 335 g/mol. The minimum Gasteiger partial charge on any atom is -0.454 e. The van der Waals surface area contributed by atoms with Gasteiger partial charge in [-0.3, -0.25) is 14.5 Å². The highest BCUT2D eigenvalue weighted by atomic mass is 16.7. The largest absolute Gasteiger partial charge is 0.454 e. The smallest absolute Gasteiger partial charge is 0.238 e. The van der Waals surface area contributed by atoms with Crippen molar-refractivity contribution in [2.24, 2.45) is 11.7 Å². The second kappa shape index (κ2) is 7.63. The molecule has 0 bridgehead atoms. The molecule has 0 spiro atoms. The Bertz CT molecular complexity index is 618. The van der Waals surface area contributed by atoms with E-state index in [1.165, 1.54) is 0 Å². The van der Waals surface area contributed by atoms with Crippen LogP contribution in [-0.2, 0) is 4.79 Å². The van der Waals surface area contributed by atoms with Crippen molar-refractivity contribution in [3.8, 4) is 11.5 Å². The number of Topliss-reactive ketones (excluding diaryl/α,β-unsaturated/α-hetero) is 1. The molecule has 1 aliphatic heterocycles. The first-order valence-electron chi connectivity index (χ1n) is 7.98. The molecule has 0 fully saturated rings. The average Bonchev–Trinajstić information content (AvgIpc) is 3.04. The summed E-state index contributed by atoms with van der Waals surface area (Å²) in [7, 11) is 1.77. The summed E-state index contributed by atoms with van der Waals surface area (Å²) >= 11 is 0. The summed E-state index contributed by atoms with van der Waals surface area (Å²) in [5.74, 6) is 0.996. The minimum atomic E-state index is -0.557. The van der Waals surface area contributed by atoms with Gasteiger partial charge in [0.25, 0.3) is 0 Å². The van der Waals surface area contributed by atoms with Gasteiger partial charge in [0.05, 0.1) is 18.8 Å². The van der Waals surface area contributed by atoms with Gasteiger partial charge in [-0.2, -0.15) is 0 Å². The molecule has 0 aromatic heterocycles.